The number of aromatic nitrogens is 1. The van der Waals surface area contributed by atoms with Gasteiger partial charge in [-0.15, -0.1) is 0 Å². The molecule has 2 amide bonds. The van der Waals surface area contributed by atoms with Crippen molar-refractivity contribution in [2.24, 2.45) is 5.92 Å². The number of pyridine rings is 1. The SMILES string of the molecule is COc1ccc(CN(C(=O)NCc2ccncc2)C(C)C2CC2)cc1. The number of methoxy groups -OCH3 is 1. The molecule has 0 aliphatic heterocycles. The number of nitrogens with zero attached hydrogens (tertiary/aromatic N) is 2. The maximum absolute atomic E-state index is 12.8. The van der Waals surface area contributed by atoms with Crippen molar-refractivity contribution in [3.8, 4) is 5.75 Å². The van der Waals surface area contributed by atoms with E-state index in [-0.39, 0.29) is 12.1 Å². The number of hydrogen-bond acceptors (Lipinski definition) is 3. The minimum atomic E-state index is -0.0213. The van der Waals surface area contributed by atoms with Crippen LogP contribution in [0, 0.1) is 5.92 Å². The van der Waals surface area contributed by atoms with Gasteiger partial charge in [-0.2, -0.15) is 0 Å². The molecular weight excluding hydrogens is 314 g/mol. The molecule has 1 heterocycles. The van der Waals surface area contributed by atoms with Crippen molar-refractivity contribution < 1.29 is 9.53 Å². The highest BCUT2D eigenvalue weighted by Gasteiger charge is 2.34. The predicted molar refractivity (Wildman–Crippen MR) is 97.2 cm³/mol. The van der Waals surface area contributed by atoms with E-state index >= 15 is 0 Å². The minimum Gasteiger partial charge on any atom is -0.497 e. The Morgan fingerprint density at radius 2 is 1.88 bits per heavy atom. The molecule has 1 saturated carbocycles. The second-order valence-electron chi connectivity index (χ2n) is 6.57. The first-order chi connectivity index (χ1) is 12.2. The summed E-state index contributed by atoms with van der Waals surface area (Å²) in [6.07, 6.45) is 5.89. The average molecular weight is 339 g/mol. The van der Waals surface area contributed by atoms with Gasteiger partial charge in [0.2, 0.25) is 0 Å². The predicted octanol–water partition coefficient (Wildman–Crippen LogP) is 3.60. The van der Waals surface area contributed by atoms with Crippen LogP contribution in [0.2, 0.25) is 0 Å². The zero-order valence-corrected chi connectivity index (χ0v) is 14.8. The van der Waals surface area contributed by atoms with Gasteiger partial charge < -0.3 is 15.0 Å². The van der Waals surface area contributed by atoms with Crippen LogP contribution in [0.1, 0.15) is 30.9 Å². The van der Waals surface area contributed by atoms with Gasteiger partial charge >= 0.3 is 6.03 Å². The number of carbonyl (C=O) groups is 1. The zero-order chi connectivity index (χ0) is 17.6. The van der Waals surface area contributed by atoms with Gasteiger partial charge in [-0.3, -0.25) is 4.98 Å². The molecule has 0 spiro atoms. The number of ether oxygens (including phenoxy) is 1. The third-order valence-electron chi connectivity index (χ3n) is 4.76. The maximum atomic E-state index is 12.8. The van der Waals surface area contributed by atoms with Gasteiger partial charge in [-0.05, 0) is 61.1 Å². The Bertz CT molecular complexity index is 684. The summed E-state index contributed by atoms with van der Waals surface area (Å²) in [6.45, 7) is 3.26. The number of amides is 2. The van der Waals surface area contributed by atoms with Crippen molar-refractivity contribution in [2.45, 2.75) is 38.9 Å². The van der Waals surface area contributed by atoms with Crippen LogP contribution in [0.5, 0.6) is 5.75 Å². The van der Waals surface area contributed by atoms with E-state index in [1.165, 1.54) is 12.8 Å². The second kappa shape index (κ2) is 8.01. The molecule has 1 aliphatic carbocycles. The van der Waals surface area contributed by atoms with Gasteiger partial charge in [0.05, 0.1) is 7.11 Å². The normalized spacial score (nSPS) is 14.6. The van der Waals surface area contributed by atoms with E-state index in [1.54, 1.807) is 19.5 Å². The van der Waals surface area contributed by atoms with E-state index in [4.69, 9.17) is 4.74 Å². The van der Waals surface area contributed by atoms with Crippen LogP contribution >= 0.6 is 0 Å². The van der Waals surface area contributed by atoms with E-state index in [1.807, 2.05) is 41.3 Å². The van der Waals surface area contributed by atoms with Crippen LogP contribution < -0.4 is 10.1 Å². The molecule has 132 valence electrons. The molecule has 1 aromatic carbocycles. The second-order valence-corrected chi connectivity index (χ2v) is 6.57. The first-order valence-corrected chi connectivity index (χ1v) is 8.73. The van der Waals surface area contributed by atoms with Crippen LogP contribution in [0.25, 0.3) is 0 Å². The number of rotatable bonds is 7. The summed E-state index contributed by atoms with van der Waals surface area (Å²) < 4.78 is 5.21. The number of nitrogens with one attached hydrogen (secondary N) is 1. The molecule has 3 rings (SSSR count). The number of hydrogen-bond donors (Lipinski definition) is 1. The van der Waals surface area contributed by atoms with E-state index < -0.39 is 0 Å². The Kier molecular flexibility index (Phi) is 5.53. The Morgan fingerprint density at radius 3 is 2.48 bits per heavy atom. The van der Waals surface area contributed by atoms with Gasteiger partial charge in [-0.25, -0.2) is 4.79 Å². The third-order valence-corrected chi connectivity index (χ3v) is 4.76. The summed E-state index contributed by atoms with van der Waals surface area (Å²) in [6, 6.07) is 11.9. The zero-order valence-electron chi connectivity index (χ0n) is 14.8. The molecule has 1 atom stereocenters. The monoisotopic (exact) mass is 339 g/mol. The molecule has 1 N–H and O–H groups in total. The number of urea groups is 1. The molecule has 2 aromatic rings. The molecule has 0 saturated heterocycles. The van der Waals surface area contributed by atoms with Crippen molar-refractivity contribution >= 4 is 6.03 Å². The van der Waals surface area contributed by atoms with Gasteiger partial charge in [-0.1, -0.05) is 12.1 Å². The van der Waals surface area contributed by atoms with E-state index in [0.717, 1.165) is 16.9 Å². The summed E-state index contributed by atoms with van der Waals surface area (Å²) in [7, 11) is 1.66. The number of benzene rings is 1. The van der Waals surface area contributed by atoms with Crippen LogP contribution in [0.3, 0.4) is 0 Å². The molecule has 5 heteroatoms. The molecule has 1 fully saturated rings. The summed E-state index contributed by atoms with van der Waals surface area (Å²) in [5, 5.41) is 3.04. The molecular formula is C20H25N3O2. The van der Waals surface area contributed by atoms with Crippen LogP contribution in [0.4, 0.5) is 4.79 Å². The van der Waals surface area contributed by atoms with Crippen LogP contribution in [-0.4, -0.2) is 29.1 Å². The first-order valence-electron chi connectivity index (χ1n) is 8.73. The fourth-order valence-electron chi connectivity index (χ4n) is 2.94. The average Bonchev–Trinajstić information content (AvgIpc) is 3.50. The summed E-state index contributed by atoms with van der Waals surface area (Å²) >= 11 is 0. The summed E-state index contributed by atoms with van der Waals surface area (Å²) in [4.78, 5) is 18.7. The lowest BCUT2D eigenvalue weighted by Gasteiger charge is -2.30. The van der Waals surface area contributed by atoms with Crippen molar-refractivity contribution in [1.29, 1.82) is 0 Å². The van der Waals surface area contributed by atoms with Crippen molar-refractivity contribution in [3.63, 3.8) is 0 Å². The van der Waals surface area contributed by atoms with Crippen LogP contribution in [0.15, 0.2) is 48.8 Å². The lowest BCUT2D eigenvalue weighted by molar-refractivity contribution is 0.167. The highest BCUT2D eigenvalue weighted by atomic mass is 16.5. The first kappa shape index (κ1) is 17.3. The summed E-state index contributed by atoms with van der Waals surface area (Å²) in [5.74, 6) is 1.44. The Balaban J connectivity index is 1.66. The van der Waals surface area contributed by atoms with Gasteiger partial charge in [0.15, 0.2) is 0 Å². The molecule has 1 aliphatic rings. The highest BCUT2D eigenvalue weighted by Crippen LogP contribution is 2.35. The molecule has 0 radical (unpaired) electrons. The Hall–Kier alpha value is -2.56. The number of carbonyl (C=O) groups excluding carboxylic acids is 1. The molecule has 1 aromatic heterocycles. The van der Waals surface area contributed by atoms with Crippen molar-refractivity contribution in [2.75, 3.05) is 7.11 Å². The molecule has 1 unspecified atom stereocenters. The Morgan fingerprint density at radius 1 is 1.20 bits per heavy atom. The maximum Gasteiger partial charge on any atom is 0.318 e. The minimum absolute atomic E-state index is 0.0213. The van der Waals surface area contributed by atoms with E-state index in [2.05, 4.69) is 17.2 Å². The fourth-order valence-corrected chi connectivity index (χ4v) is 2.94. The molecule has 5 nitrogen and oxygen atoms in total. The lowest BCUT2D eigenvalue weighted by Crippen LogP contribution is -2.45. The summed E-state index contributed by atoms with van der Waals surface area (Å²) in [5.41, 5.74) is 2.15. The quantitative estimate of drug-likeness (QED) is 0.838. The molecule has 25 heavy (non-hydrogen) atoms. The third kappa shape index (κ3) is 4.72. The Labute approximate surface area is 149 Å². The van der Waals surface area contributed by atoms with Crippen molar-refractivity contribution in [3.05, 3.63) is 59.9 Å². The van der Waals surface area contributed by atoms with Gasteiger partial charge in [0.1, 0.15) is 5.75 Å². The lowest BCUT2D eigenvalue weighted by atomic mass is 10.1. The standard InChI is InChI=1S/C20H25N3O2/c1-15(18-5-6-18)23(14-17-3-7-19(25-2)8-4-17)20(24)22-13-16-9-11-21-12-10-16/h3-4,7-12,15,18H,5-6,13-14H2,1-2H3,(H,22,24). The van der Waals surface area contributed by atoms with Crippen LogP contribution in [-0.2, 0) is 13.1 Å². The smallest absolute Gasteiger partial charge is 0.318 e. The highest BCUT2D eigenvalue weighted by molar-refractivity contribution is 5.74. The van der Waals surface area contributed by atoms with Gasteiger partial charge in [0, 0.05) is 31.5 Å². The largest absolute Gasteiger partial charge is 0.497 e. The topological polar surface area (TPSA) is 54.5 Å². The molecule has 0 bridgehead atoms. The van der Waals surface area contributed by atoms with Gasteiger partial charge in [0.25, 0.3) is 0 Å². The van der Waals surface area contributed by atoms with E-state index in [9.17, 15) is 4.79 Å². The van der Waals surface area contributed by atoms with Crippen molar-refractivity contribution in [1.82, 2.24) is 15.2 Å². The fraction of sp³-hybridized carbons (Fsp3) is 0.400. The van der Waals surface area contributed by atoms with E-state index in [0.29, 0.717) is 19.0 Å².